The van der Waals surface area contributed by atoms with E-state index in [-0.39, 0.29) is 6.79 Å². The first-order chi connectivity index (χ1) is 18.3. The van der Waals surface area contributed by atoms with Gasteiger partial charge >= 0.3 is 5.97 Å². The third-order valence-corrected chi connectivity index (χ3v) is 8.34. The Bertz CT molecular complexity index is 1590. The summed E-state index contributed by atoms with van der Waals surface area (Å²) in [6, 6.07) is 13.3. The van der Waals surface area contributed by atoms with Crippen molar-refractivity contribution < 1.29 is 19.4 Å². The number of hydrogen-bond acceptors (Lipinski definition) is 8. The number of hydrogen-bond donors (Lipinski definition) is 2. The fourth-order valence-electron chi connectivity index (χ4n) is 4.82. The molecule has 4 aromatic rings. The third-order valence-electron chi connectivity index (χ3n) is 7.14. The SMILES string of the molecule is Cc1sc2c(c1C)C(c1ccc(NCc3ccc4c(c3)OCO4)cc1)=NC([C@H](C)C(=O)O)c1nnc(C)n1-2. The van der Waals surface area contributed by atoms with E-state index >= 15 is 0 Å². The van der Waals surface area contributed by atoms with Crippen LogP contribution in [0.4, 0.5) is 5.69 Å². The second-order valence-corrected chi connectivity index (χ2v) is 10.8. The first-order valence-electron chi connectivity index (χ1n) is 12.4. The molecule has 0 aliphatic carbocycles. The molecule has 2 atom stereocenters. The van der Waals surface area contributed by atoms with Crippen molar-refractivity contribution in [2.24, 2.45) is 10.9 Å². The second-order valence-electron chi connectivity index (χ2n) is 9.57. The first kappa shape index (κ1) is 24.2. The summed E-state index contributed by atoms with van der Waals surface area (Å²) in [4.78, 5) is 18.3. The van der Waals surface area contributed by atoms with Crippen LogP contribution in [0.5, 0.6) is 11.5 Å². The minimum atomic E-state index is -0.925. The van der Waals surface area contributed by atoms with Crippen LogP contribution >= 0.6 is 11.3 Å². The molecule has 38 heavy (non-hydrogen) atoms. The summed E-state index contributed by atoms with van der Waals surface area (Å²) in [5.74, 6) is 1.10. The molecule has 2 N–H and O–H groups in total. The zero-order valence-electron chi connectivity index (χ0n) is 21.5. The van der Waals surface area contributed by atoms with Crippen molar-refractivity contribution in [2.45, 2.75) is 40.3 Å². The summed E-state index contributed by atoms with van der Waals surface area (Å²) in [6.45, 7) is 8.62. The number of carboxylic acids is 1. The minimum Gasteiger partial charge on any atom is -0.481 e. The van der Waals surface area contributed by atoms with E-state index in [1.54, 1.807) is 18.3 Å². The Balaban J connectivity index is 1.36. The third kappa shape index (κ3) is 4.01. The van der Waals surface area contributed by atoms with Gasteiger partial charge in [0, 0.05) is 28.2 Å². The molecule has 1 unspecified atom stereocenters. The van der Waals surface area contributed by atoms with Crippen molar-refractivity contribution in [3.05, 3.63) is 81.2 Å². The van der Waals surface area contributed by atoms with Crippen LogP contribution in [0.1, 0.15) is 51.7 Å². The normalized spacial score (nSPS) is 16.3. The van der Waals surface area contributed by atoms with Gasteiger partial charge in [0.15, 0.2) is 17.3 Å². The zero-order valence-corrected chi connectivity index (χ0v) is 22.3. The number of carboxylic acid groups (broad SMARTS) is 1. The molecule has 2 aliphatic rings. The van der Waals surface area contributed by atoms with Gasteiger partial charge in [0.05, 0.1) is 11.6 Å². The van der Waals surface area contributed by atoms with Gasteiger partial charge in [0.1, 0.15) is 16.9 Å². The average molecular weight is 530 g/mol. The van der Waals surface area contributed by atoms with Gasteiger partial charge in [0.2, 0.25) is 6.79 Å². The smallest absolute Gasteiger partial charge is 0.308 e. The lowest BCUT2D eigenvalue weighted by Crippen LogP contribution is -2.21. The van der Waals surface area contributed by atoms with Crippen LogP contribution in [0.2, 0.25) is 0 Å². The Kier molecular flexibility index (Phi) is 5.91. The molecule has 4 heterocycles. The number of benzene rings is 2. The lowest BCUT2D eigenvalue weighted by Gasteiger charge is -2.16. The van der Waals surface area contributed by atoms with Crippen LogP contribution in [-0.2, 0) is 11.3 Å². The van der Waals surface area contributed by atoms with Gasteiger partial charge in [-0.3, -0.25) is 14.4 Å². The standard InChI is InChI=1S/C28H27N5O4S/c1-14-16(3)38-27-23(14)25(30-24(15(2)28(34)35)26-32-31-17(4)33(26)27)19-6-8-20(9-7-19)29-12-18-5-10-21-22(11-18)37-13-36-21/h5-11,15,24,29H,12-13H2,1-4H3,(H,34,35)/t15-,24?/m0/s1. The molecule has 0 spiro atoms. The first-order valence-corrected chi connectivity index (χ1v) is 13.2. The lowest BCUT2D eigenvalue weighted by molar-refractivity contribution is -0.141. The molecule has 0 fully saturated rings. The maximum absolute atomic E-state index is 12.1. The van der Waals surface area contributed by atoms with Gasteiger partial charge in [-0.05, 0) is 63.1 Å². The molecule has 6 rings (SSSR count). The molecule has 10 heteroatoms. The monoisotopic (exact) mass is 529 g/mol. The Labute approximate surface area is 223 Å². The van der Waals surface area contributed by atoms with Crippen molar-refractivity contribution in [1.82, 2.24) is 14.8 Å². The Hall–Kier alpha value is -4.18. The number of fused-ring (bicyclic) bond motifs is 4. The minimum absolute atomic E-state index is 0.256. The van der Waals surface area contributed by atoms with Crippen molar-refractivity contribution >= 4 is 28.7 Å². The molecule has 9 nitrogen and oxygen atoms in total. The van der Waals surface area contributed by atoms with Crippen LogP contribution in [-0.4, -0.2) is 38.3 Å². The number of aliphatic imine (C=N–C) groups is 1. The molecule has 2 aromatic heterocycles. The van der Waals surface area contributed by atoms with E-state index in [0.29, 0.717) is 18.2 Å². The molecule has 0 saturated heterocycles. The summed E-state index contributed by atoms with van der Waals surface area (Å²) in [6.07, 6.45) is 0. The number of thiophene rings is 1. The van der Waals surface area contributed by atoms with E-state index in [1.165, 1.54) is 4.88 Å². The predicted molar refractivity (Wildman–Crippen MR) is 145 cm³/mol. The molecule has 0 saturated carbocycles. The lowest BCUT2D eigenvalue weighted by atomic mass is 9.98. The van der Waals surface area contributed by atoms with Gasteiger partial charge in [0.25, 0.3) is 0 Å². The zero-order chi connectivity index (χ0) is 26.6. The number of nitrogens with one attached hydrogen (secondary N) is 1. The number of anilines is 1. The Morgan fingerprint density at radius 1 is 1.13 bits per heavy atom. The molecule has 2 aliphatic heterocycles. The number of nitrogens with zero attached hydrogens (tertiary/aromatic N) is 4. The highest BCUT2D eigenvalue weighted by Crippen LogP contribution is 2.40. The summed E-state index contributed by atoms with van der Waals surface area (Å²) < 4.78 is 12.8. The van der Waals surface area contributed by atoms with Gasteiger partial charge < -0.3 is 19.9 Å². The highest BCUT2D eigenvalue weighted by Gasteiger charge is 2.36. The predicted octanol–water partition coefficient (Wildman–Crippen LogP) is 5.21. The van der Waals surface area contributed by atoms with Crippen LogP contribution < -0.4 is 14.8 Å². The maximum atomic E-state index is 12.1. The largest absolute Gasteiger partial charge is 0.481 e. The van der Waals surface area contributed by atoms with E-state index in [9.17, 15) is 9.90 Å². The fourth-order valence-corrected chi connectivity index (χ4v) is 6.03. The van der Waals surface area contributed by atoms with E-state index in [4.69, 9.17) is 14.5 Å². The second kappa shape index (κ2) is 9.29. The summed E-state index contributed by atoms with van der Waals surface area (Å²) in [5.41, 5.74) is 5.85. The van der Waals surface area contributed by atoms with Crippen molar-refractivity contribution in [3.63, 3.8) is 0 Å². The van der Waals surface area contributed by atoms with Gasteiger partial charge in [-0.2, -0.15) is 0 Å². The van der Waals surface area contributed by atoms with Crippen molar-refractivity contribution in [2.75, 3.05) is 12.1 Å². The maximum Gasteiger partial charge on any atom is 0.308 e. The summed E-state index contributed by atoms with van der Waals surface area (Å²) >= 11 is 1.65. The van der Waals surface area contributed by atoms with E-state index in [1.807, 2.05) is 54.0 Å². The molecular weight excluding hydrogens is 502 g/mol. The molecule has 194 valence electrons. The molecule has 0 amide bonds. The molecule has 2 aromatic carbocycles. The van der Waals surface area contributed by atoms with Crippen LogP contribution in [0.25, 0.3) is 5.00 Å². The van der Waals surface area contributed by atoms with Crippen molar-refractivity contribution in [1.29, 1.82) is 0 Å². The highest BCUT2D eigenvalue weighted by molar-refractivity contribution is 7.15. The number of carbonyl (C=O) groups is 1. The number of ether oxygens (including phenoxy) is 2. The number of aryl methyl sites for hydroxylation is 2. The quantitative estimate of drug-likeness (QED) is 0.353. The topological polar surface area (TPSA) is 111 Å². The fraction of sp³-hybridized carbons (Fsp3) is 0.286. The number of rotatable bonds is 6. The van der Waals surface area contributed by atoms with Crippen LogP contribution in [0.3, 0.4) is 0 Å². The number of aromatic nitrogens is 3. The summed E-state index contributed by atoms with van der Waals surface area (Å²) in [7, 11) is 0. The highest BCUT2D eigenvalue weighted by atomic mass is 32.1. The van der Waals surface area contributed by atoms with Crippen LogP contribution in [0.15, 0.2) is 47.5 Å². The molecular formula is C28H27N5O4S. The average Bonchev–Trinajstić information content (AvgIpc) is 3.58. The van der Waals surface area contributed by atoms with Gasteiger partial charge in [-0.15, -0.1) is 21.5 Å². The summed E-state index contributed by atoms with van der Waals surface area (Å²) in [5, 5.41) is 23.0. The Morgan fingerprint density at radius 3 is 2.66 bits per heavy atom. The van der Waals surface area contributed by atoms with Crippen LogP contribution in [0, 0.1) is 26.7 Å². The van der Waals surface area contributed by atoms with Crippen molar-refractivity contribution in [3.8, 4) is 16.5 Å². The number of aliphatic carboxylic acids is 1. The van der Waals surface area contributed by atoms with E-state index in [0.717, 1.165) is 50.2 Å². The Morgan fingerprint density at radius 2 is 1.89 bits per heavy atom. The van der Waals surface area contributed by atoms with E-state index < -0.39 is 17.9 Å². The molecule has 0 radical (unpaired) electrons. The van der Waals surface area contributed by atoms with Gasteiger partial charge in [-0.1, -0.05) is 18.2 Å². The molecule has 0 bridgehead atoms. The van der Waals surface area contributed by atoms with E-state index in [2.05, 4.69) is 29.4 Å². The van der Waals surface area contributed by atoms with Gasteiger partial charge in [-0.25, -0.2) is 0 Å².